The van der Waals surface area contributed by atoms with Gasteiger partial charge in [-0.2, -0.15) is 0 Å². The van der Waals surface area contributed by atoms with Crippen LogP contribution >= 0.6 is 0 Å². The first kappa shape index (κ1) is 29.0. The molecule has 0 saturated heterocycles. The first-order chi connectivity index (χ1) is 16.8. The molecule has 2 aromatic carbocycles. The number of sulfonamides is 1. The summed E-state index contributed by atoms with van der Waals surface area (Å²) in [4.78, 5) is 28.3. The number of carbonyl (C=O) groups excluding carboxylic acids is 2. The van der Waals surface area contributed by atoms with Crippen LogP contribution in [0.25, 0.3) is 0 Å². The van der Waals surface area contributed by atoms with Crippen molar-refractivity contribution in [2.75, 3.05) is 31.3 Å². The fraction of sp³-hybridized carbons (Fsp3) is 0.462. The number of rotatable bonds is 11. The summed E-state index contributed by atoms with van der Waals surface area (Å²) in [5.41, 5.74) is 0.574. The zero-order chi connectivity index (χ0) is 27.1. The molecule has 0 aliphatic heterocycles. The van der Waals surface area contributed by atoms with Gasteiger partial charge < -0.3 is 19.7 Å². The molecule has 36 heavy (non-hydrogen) atoms. The van der Waals surface area contributed by atoms with Crippen molar-refractivity contribution in [3.05, 3.63) is 54.1 Å². The number of benzene rings is 2. The molecular formula is C26H37N3O6S. The molecule has 198 valence electrons. The van der Waals surface area contributed by atoms with Crippen LogP contribution in [0, 0.1) is 0 Å². The van der Waals surface area contributed by atoms with Crippen LogP contribution in [0.2, 0.25) is 0 Å². The second-order valence-corrected chi connectivity index (χ2v) is 11.4. The molecule has 2 aromatic rings. The maximum atomic E-state index is 13.7. The minimum absolute atomic E-state index is 0.152. The Morgan fingerprint density at radius 3 is 2.11 bits per heavy atom. The molecule has 0 saturated carbocycles. The van der Waals surface area contributed by atoms with Gasteiger partial charge in [0.2, 0.25) is 21.8 Å². The van der Waals surface area contributed by atoms with Crippen molar-refractivity contribution < 1.29 is 27.5 Å². The van der Waals surface area contributed by atoms with Crippen LogP contribution in [0.3, 0.4) is 0 Å². The molecule has 9 nitrogen and oxygen atoms in total. The Hall–Kier alpha value is -3.27. The number of hydrogen-bond donors (Lipinski definition) is 1. The summed E-state index contributed by atoms with van der Waals surface area (Å²) in [7, 11) is -0.937. The van der Waals surface area contributed by atoms with E-state index < -0.39 is 34.1 Å². The number of nitrogens with zero attached hydrogens (tertiary/aromatic N) is 2. The minimum Gasteiger partial charge on any atom is -0.493 e. The zero-order valence-electron chi connectivity index (χ0n) is 22.1. The molecule has 2 rings (SSSR count). The van der Waals surface area contributed by atoms with Gasteiger partial charge in [-0.15, -0.1) is 0 Å². The van der Waals surface area contributed by atoms with Crippen LogP contribution < -0.4 is 19.1 Å². The molecule has 2 amide bonds. The standard InChI is InChI=1S/C26H37N3O6S/c1-8-21(25(31)27-26(2,3)4)28(17-19-12-10-9-11-13-19)24(30)18-29(36(7,32)33)20-14-15-22(34-5)23(16-20)35-6/h9-16,21H,8,17-18H2,1-7H3,(H,27,31). The van der Waals surface area contributed by atoms with E-state index >= 15 is 0 Å². The lowest BCUT2D eigenvalue weighted by Crippen LogP contribution is -2.55. The van der Waals surface area contributed by atoms with Crippen molar-refractivity contribution in [1.29, 1.82) is 0 Å². The highest BCUT2D eigenvalue weighted by atomic mass is 32.2. The van der Waals surface area contributed by atoms with Gasteiger partial charge in [-0.05, 0) is 44.9 Å². The van der Waals surface area contributed by atoms with E-state index in [1.54, 1.807) is 12.1 Å². The predicted octanol–water partition coefficient (Wildman–Crippen LogP) is 3.19. The molecule has 0 radical (unpaired) electrons. The van der Waals surface area contributed by atoms with Crippen molar-refractivity contribution in [3.8, 4) is 11.5 Å². The number of ether oxygens (including phenoxy) is 2. The lowest BCUT2D eigenvalue weighted by molar-refractivity contribution is -0.141. The van der Waals surface area contributed by atoms with E-state index in [2.05, 4.69) is 5.32 Å². The van der Waals surface area contributed by atoms with Crippen molar-refractivity contribution in [1.82, 2.24) is 10.2 Å². The maximum absolute atomic E-state index is 13.7. The fourth-order valence-corrected chi connectivity index (χ4v) is 4.59. The second-order valence-electron chi connectivity index (χ2n) is 9.48. The fourth-order valence-electron chi connectivity index (χ4n) is 3.75. The highest BCUT2D eigenvalue weighted by molar-refractivity contribution is 7.92. The topological polar surface area (TPSA) is 105 Å². The summed E-state index contributed by atoms with van der Waals surface area (Å²) < 4.78 is 37.1. The molecular weight excluding hydrogens is 482 g/mol. The van der Waals surface area contributed by atoms with Gasteiger partial charge in [0.05, 0.1) is 26.2 Å². The van der Waals surface area contributed by atoms with Crippen LogP contribution in [0.1, 0.15) is 39.7 Å². The predicted molar refractivity (Wildman–Crippen MR) is 141 cm³/mol. The number of methoxy groups -OCH3 is 2. The molecule has 0 fully saturated rings. The molecule has 0 heterocycles. The molecule has 1 atom stereocenters. The number of carbonyl (C=O) groups is 2. The normalized spacial score (nSPS) is 12.4. The Morgan fingerprint density at radius 1 is 1.00 bits per heavy atom. The van der Waals surface area contributed by atoms with E-state index in [4.69, 9.17) is 9.47 Å². The number of nitrogens with one attached hydrogen (secondary N) is 1. The van der Waals surface area contributed by atoms with Crippen LogP contribution in [0.15, 0.2) is 48.5 Å². The van der Waals surface area contributed by atoms with Gasteiger partial charge in [-0.3, -0.25) is 13.9 Å². The summed E-state index contributed by atoms with van der Waals surface area (Å²) in [6, 6.07) is 13.1. The monoisotopic (exact) mass is 519 g/mol. The molecule has 0 aliphatic carbocycles. The summed E-state index contributed by atoms with van der Waals surface area (Å²) in [6.07, 6.45) is 1.39. The Kier molecular flexibility index (Phi) is 9.75. The Morgan fingerprint density at radius 2 is 1.61 bits per heavy atom. The second kappa shape index (κ2) is 12.1. The average molecular weight is 520 g/mol. The van der Waals surface area contributed by atoms with Gasteiger partial charge >= 0.3 is 0 Å². The van der Waals surface area contributed by atoms with Crippen LogP contribution in [0.4, 0.5) is 5.69 Å². The average Bonchev–Trinajstić information content (AvgIpc) is 2.80. The number of anilines is 1. The molecule has 1 unspecified atom stereocenters. The highest BCUT2D eigenvalue weighted by Gasteiger charge is 2.33. The lowest BCUT2D eigenvalue weighted by Gasteiger charge is -2.34. The summed E-state index contributed by atoms with van der Waals surface area (Å²) >= 11 is 0. The number of amides is 2. The third-order valence-electron chi connectivity index (χ3n) is 5.41. The molecule has 1 N–H and O–H groups in total. The lowest BCUT2D eigenvalue weighted by atomic mass is 10.1. The molecule has 0 aliphatic rings. The van der Waals surface area contributed by atoms with E-state index in [0.717, 1.165) is 16.1 Å². The van der Waals surface area contributed by atoms with Crippen LogP contribution in [-0.4, -0.2) is 63.7 Å². The Bertz CT molecular complexity index is 1150. The van der Waals surface area contributed by atoms with E-state index in [1.165, 1.54) is 25.2 Å². The van der Waals surface area contributed by atoms with Crippen LogP contribution in [-0.2, 0) is 26.2 Å². The summed E-state index contributed by atoms with van der Waals surface area (Å²) in [5, 5.41) is 2.94. The zero-order valence-corrected chi connectivity index (χ0v) is 22.9. The van der Waals surface area contributed by atoms with E-state index in [-0.39, 0.29) is 18.1 Å². The van der Waals surface area contributed by atoms with Crippen molar-refractivity contribution >= 4 is 27.5 Å². The smallest absolute Gasteiger partial charge is 0.244 e. The Labute approximate surface area is 214 Å². The third kappa shape index (κ3) is 7.87. The quantitative estimate of drug-likeness (QED) is 0.489. The van der Waals surface area contributed by atoms with Crippen molar-refractivity contribution in [2.24, 2.45) is 0 Å². The largest absolute Gasteiger partial charge is 0.493 e. The Balaban J connectivity index is 2.48. The highest BCUT2D eigenvalue weighted by Crippen LogP contribution is 2.32. The van der Waals surface area contributed by atoms with E-state index in [9.17, 15) is 18.0 Å². The van der Waals surface area contributed by atoms with Gasteiger partial charge in [0.15, 0.2) is 11.5 Å². The molecule has 0 bridgehead atoms. The minimum atomic E-state index is -3.86. The van der Waals surface area contributed by atoms with Gasteiger partial charge in [0, 0.05) is 18.2 Å². The maximum Gasteiger partial charge on any atom is 0.244 e. The van der Waals surface area contributed by atoms with Gasteiger partial charge in [-0.25, -0.2) is 8.42 Å². The van der Waals surface area contributed by atoms with E-state index in [1.807, 2.05) is 58.0 Å². The van der Waals surface area contributed by atoms with Gasteiger partial charge in [-0.1, -0.05) is 37.3 Å². The summed E-state index contributed by atoms with van der Waals surface area (Å²) in [6.45, 7) is 7.08. The van der Waals surface area contributed by atoms with Gasteiger partial charge in [0.1, 0.15) is 12.6 Å². The van der Waals surface area contributed by atoms with Crippen LogP contribution in [0.5, 0.6) is 11.5 Å². The summed E-state index contributed by atoms with van der Waals surface area (Å²) in [5.74, 6) is -0.0499. The number of hydrogen-bond acceptors (Lipinski definition) is 6. The molecule has 0 spiro atoms. The molecule has 0 aromatic heterocycles. The SMILES string of the molecule is CCC(C(=O)NC(C)(C)C)N(Cc1ccccc1)C(=O)CN(c1ccc(OC)c(OC)c1)S(C)(=O)=O. The molecule has 10 heteroatoms. The van der Waals surface area contributed by atoms with E-state index in [0.29, 0.717) is 17.9 Å². The third-order valence-corrected chi connectivity index (χ3v) is 6.55. The van der Waals surface area contributed by atoms with Crippen molar-refractivity contribution in [3.63, 3.8) is 0 Å². The van der Waals surface area contributed by atoms with Gasteiger partial charge in [0.25, 0.3) is 0 Å². The first-order valence-corrected chi connectivity index (χ1v) is 13.5. The van der Waals surface area contributed by atoms with Crippen molar-refractivity contribution in [2.45, 2.75) is 52.2 Å². The first-order valence-electron chi connectivity index (χ1n) is 11.7.